The van der Waals surface area contributed by atoms with Crippen LogP contribution in [0.5, 0.6) is 0 Å². The maximum atomic E-state index is 12.4. The summed E-state index contributed by atoms with van der Waals surface area (Å²) in [5.41, 5.74) is 1.18. The Balaban J connectivity index is 2.02. The zero-order chi connectivity index (χ0) is 14.5. The van der Waals surface area contributed by atoms with Crippen molar-refractivity contribution >= 4 is 5.91 Å². The molecule has 1 aliphatic rings. The van der Waals surface area contributed by atoms with E-state index in [1.165, 1.54) is 18.4 Å². The van der Waals surface area contributed by atoms with Crippen molar-refractivity contribution in [2.24, 2.45) is 5.92 Å². The molecule has 0 heterocycles. The van der Waals surface area contributed by atoms with Crippen LogP contribution in [0.25, 0.3) is 0 Å². The number of amides is 1. The fraction of sp³-hybridized carbons (Fsp3) is 0.588. The Morgan fingerprint density at radius 3 is 2.45 bits per heavy atom. The Morgan fingerprint density at radius 1 is 1.25 bits per heavy atom. The third-order valence-electron chi connectivity index (χ3n) is 3.85. The van der Waals surface area contributed by atoms with Crippen molar-refractivity contribution in [3.05, 3.63) is 35.9 Å². The average Bonchev–Trinajstić information content (AvgIpc) is 3.27. The maximum Gasteiger partial charge on any atom is 0.249 e. The highest BCUT2D eigenvalue weighted by Gasteiger charge is 2.34. The Bertz CT molecular complexity index is 426. The number of hydrogen-bond acceptors (Lipinski definition) is 2. The van der Waals surface area contributed by atoms with Crippen molar-refractivity contribution in [1.82, 2.24) is 4.90 Å². The summed E-state index contributed by atoms with van der Waals surface area (Å²) in [4.78, 5) is 14.4. The minimum atomic E-state index is 0.0914. The minimum Gasteiger partial charge on any atom is -0.369 e. The SMILES string of the molecule is CC(C)OCC(=O)N(Cc1ccccc1)C(C)C1CC1. The van der Waals surface area contributed by atoms with Crippen LogP contribution in [-0.2, 0) is 16.1 Å². The molecule has 110 valence electrons. The fourth-order valence-corrected chi connectivity index (χ4v) is 2.39. The predicted molar refractivity (Wildman–Crippen MR) is 80.3 cm³/mol. The minimum absolute atomic E-state index is 0.0914. The molecular formula is C17H25NO2. The number of nitrogens with zero attached hydrogens (tertiary/aromatic N) is 1. The lowest BCUT2D eigenvalue weighted by molar-refractivity contribution is -0.140. The summed E-state index contributed by atoms with van der Waals surface area (Å²) in [7, 11) is 0. The van der Waals surface area contributed by atoms with Gasteiger partial charge in [0.1, 0.15) is 6.61 Å². The summed E-state index contributed by atoms with van der Waals surface area (Å²) in [5, 5.41) is 0. The molecule has 20 heavy (non-hydrogen) atoms. The first-order chi connectivity index (χ1) is 9.58. The highest BCUT2D eigenvalue weighted by atomic mass is 16.5. The van der Waals surface area contributed by atoms with Gasteiger partial charge in [0.25, 0.3) is 0 Å². The van der Waals surface area contributed by atoms with Gasteiger partial charge in [-0.05, 0) is 45.1 Å². The number of carbonyl (C=O) groups excluding carboxylic acids is 1. The molecule has 0 bridgehead atoms. The van der Waals surface area contributed by atoms with Gasteiger partial charge in [-0.2, -0.15) is 0 Å². The topological polar surface area (TPSA) is 29.5 Å². The van der Waals surface area contributed by atoms with Gasteiger partial charge in [-0.15, -0.1) is 0 Å². The van der Waals surface area contributed by atoms with Gasteiger partial charge < -0.3 is 9.64 Å². The maximum absolute atomic E-state index is 12.4. The first-order valence-electron chi connectivity index (χ1n) is 7.53. The lowest BCUT2D eigenvalue weighted by Gasteiger charge is -2.30. The number of ether oxygens (including phenoxy) is 1. The van der Waals surface area contributed by atoms with Crippen LogP contribution in [0.1, 0.15) is 39.2 Å². The molecule has 0 aromatic heterocycles. The molecule has 1 aliphatic carbocycles. The zero-order valence-corrected chi connectivity index (χ0v) is 12.7. The van der Waals surface area contributed by atoms with E-state index < -0.39 is 0 Å². The standard InChI is InChI=1S/C17H25NO2/c1-13(2)20-12-17(19)18(14(3)16-9-10-16)11-15-7-5-4-6-8-15/h4-8,13-14,16H,9-12H2,1-3H3. The largest absolute Gasteiger partial charge is 0.369 e. The first kappa shape index (κ1) is 15.0. The van der Waals surface area contributed by atoms with Crippen molar-refractivity contribution in [2.75, 3.05) is 6.61 Å². The molecule has 3 heteroatoms. The van der Waals surface area contributed by atoms with Crippen molar-refractivity contribution in [3.8, 4) is 0 Å². The third kappa shape index (κ3) is 4.34. The molecule has 0 radical (unpaired) electrons. The third-order valence-corrected chi connectivity index (χ3v) is 3.85. The first-order valence-corrected chi connectivity index (χ1v) is 7.53. The fourth-order valence-electron chi connectivity index (χ4n) is 2.39. The summed E-state index contributed by atoms with van der Waals surface area (Å²) in [6.45, 7) is 6.94. The summed E-state index contributed by atoms with van der Waals surface area (Å²) < 4.78 is 5.48. The van der Waals surface area contributed by atoms with E-state index in [-0.39, 0.29) is 18.6 Å². The van der Waals surface area contributed by atoms with E-state index >= 15 is 0 Å². The second-order valence-corrected chi connectivity index (χ2v) is 5.95. The van der Waals surface area contributed by atoms with Crippen LogP contribution >= 0.6 is 0 Å². The van der Waals surface area contributed by atoms with Crippen LogP contribution in [-0.4, -0.2) is 29.6 Å². The Hall–Kier alpha value is -1.35. The second-order valence-electron chi connectivity index (χ2n) is 5.95. The van der Waals surface area contributed by atoms with Crippen molar-refractivity contribution in [3.63, 3.8) is 0 Å². The van der Waals surface area contributed by atoms with Crippen molar-refractivity contribution in [1.29, 1.82) is 0 Å². The molecule has 1 atom stereocenters. The van der Waals surface area contributed by atoms with Crippen LogP contribution < -0.4 is 0 Å². The molecule has 1 fully saturated rings. The Kier molecular flexibility index (Phi) is 5.18. The van der Waals surface area contributed by atoms with E-state index in [4.69, 9.17) is 4.74 Å². The van der Waals surface area contributed by atoms with Gasteiger partial charge in [-0.25, -0.2) is 0 Å². The quantitative estimate of drug-likeness (QED) is 0.764. The van der Waals surface area contributed by atoms with Gasteiger partial charge in [-0.3, -0.25) is 4.79 Å². The predicted octanol–water partition coefficient (Wildman–Crippen LogP) is 3.24. The van der Waals surface area contributed by atoms with Gasteiger partial charge in [-0.1, -0.05) is 30.3 Å². The molecule has 1 aromatic rings. The molecular weight excluding hydrogens is 250 g/mol. The number of rotatable bonds is 7. The van der Waals surface area contributed by atoms with Crippen LogP contribution in [0.2, 0.25) is 0 Å². The molecule has 0 aliphatic heterocycles. The molecule has 1 amide bonds. The second kappa shape index (κ2) is 6.89. The lowest BCUT2D eigenvalue weighted by atomic mass is 10.1. The molecule has 3 nitrogen and oxygen atoms in total. The smallest absolute Gasteiger partial charge is 0.249 e. The average molecular weight is 275 g/mol. The molecule has 0 N–H and O–H groups in total. The van der Waals surface area contributed by atoms with Gasteiger partial charge in [0.15, 0.2) is 0 Å². The highest BCUT2D eigenvalue weighted by Crippen LogP contribution is 2.35. The number of benzene rings is 1. The van der Waals surface area contributed by atoms with Gasteiger partial charge in [0.2, 0.25) is 5.91 Å². The molecule has 1 unspecified atom stereocenters. The summed E-state index contributed by atoms with van der Waals surface area (Å²) in [5.74, 6) is 0.767. The van der Waals surface area contributed by atoms with Crippen LogP contribution in [0.3, 0.4) is 0 Å². The summed E-state index contributed by atoms with van der Waals surface area (Å²) in [6, 6.07) is 10.5. The van der Waals surface area contributed by atoms with Crippen LogP contribution in [0.15, 0.2) is 30.3 Å². The van der Waals surface area contributed by atoms with E-state index in [2.05, 4.69) is 19.1 Å². The number of hydrogen-bond donors (Lipinski definition) is 0. The Morgan fingerprint density at radius 2 is 1.90 bits per heavy atom. The van der Waals surface area contributed by atoms with E-state index in [1.54, 1.807) is 0 Å². The highest BCUT2D eigenvalue weighted by molar-refractivity contribution is 5.77. The van der Waals surface area contributed by atoms with Gasteiger partial charge in [0.05, 0.1) is 6.10 Å². The summed E-state index contributed by atoms with van der Waals surface area (Å²) in [6.07, 6.45) is 2.57. The van der Waals surface area contributed by atoms with Crippen molar-refractivity contribution in [2.45, 2.75) is 52.3 Å². The van der Waals surface area contributed by atoms with Gasteiger partial charge in [0, 0.05) is 12.6 Å². The van der Waals surface area contributed by atoms with E-state index in [1.807, 2.05) is 36.9 Å². The van der Waals surface area contributed by atoms with Crippen molar-refractivity contribution < 1.29 is 9.53 Å². The zero-order valence-electron chi connectivity index (χ0n) is 12.7. The van der Waals surface area contributed by atoms with Crippen LogP contribution in [0, 0.1) is 5.92 Å². The summed E-state index contributed by atoms with van der Waals surface area (Å²) >= 11 is 0. The normalized spacial score (nSPS) is 16.2. The molecule has 1 aromatic carbocycles. The monoisotopic (exact) mass is 275 g/mol. The van der Waals surface area contributed by atoms with Crippen LogP contribution in [0.4, 0.5) is 0 Å². The van der Waals surface area contributed by atoms with Gasteiger partial charge >= 0.3 is 0 Å². The molecule has 0 saturated heterocycles. The van der Waals surface area contributed by atoms with E-state index in [0.717, 1.165) is 0 Å². The van der Waals surface area contributed by atoms with E-state index in [0.29, 0.717) is 18.5 Å². The molecule has 0 spiro atoms. The van der Waals surface area contributed by atoms with E-state index in [9.17, 15) is 4.79 Å². The Labute approximate surface area is 121 Å². The number of carbonyl (C=O) groups is 1. The lowest BCUT2D eigenvalue weighted by Crippen LogP contribution is -2.41. The molecule has 2 rings (SSSR count). The molecule has 1 saturated carbocycles.